The molecule has 2 fully saturated rings. The van der Waals surface area contributed by atoms with E-state index in [1.807, 2.05) is 0 Å². The van der Waals surface area contributed by atoms with Gasteiger partial charge in [-0.05, 0) is 31.9 Å². The standard InChI is InChI=1S/C21H32N4O3/c1-17-4-2-5-18(14-17)16-25-8-3-6-19(25)21(27)23-15-20(26)22-7-9-24-10-12-28-13-11-24/h2,4-5,14,19H,3,6-13,15-16H2,1H3,(H,22,26)(H,23,27). The number of likely N-dealkylation sites (tertiary alicyclic amines) is 1. The molecule has 3 rings (SSSR count). The van der Waals surface area contributed by atoms with Gasteiger partial charge in [0.05, 0.1) is 25.8 Å². The molecule has 1 atom stereocenters. The van der Waals surface area contributed by atoms with Crippen molar-refractivity contribution >= 4 is 11.8 Å². The van der Waals surface area contributed by atoms with Gasteiger partial charge in [-0.15, -0.1) is 0 Å². The fraction of sp³-hybridized carbons (Fsp3) is 0.619. The van der Waals surface area contributed by atoms with Gasteiger partial charge < -0.3 is 15.4 Å². The van der Waals surface area contributed by atoms with Crippen molar-refractivity contribution in [2.45, 2.75) is 32.4 Å². The minimum atomic E-state index is -0.151. The zero-order chi connectivity index (χ0) is 19.8. The highest BCUT2D eigenvalue weighted by Crippen LogP contribution is 2.20. The van der Waals surface area contributed by atoms with Crippen LogP contribution in [0, 0.1) is 6.92 Å². The van der Waals surface area contributed by atoms with Gasteiger partial charge >= 0.3 is 0 Å². The molecule has 28 heavy (non-hydrogen) atoms. The molecule has 2 aliphatic heterocycles. The number of hydrogen-bond donors (Lipinski definition) is 2. The number of carbonyl (C=O) groups is 2. The number of ether oxygens (including phenoxy) is 1. The molecule has 7 heteroatoms. The normalized spacial score (nSPS) is 20.8. The summed E-state index contributed by atoms with van der Waals surface area (Å²) in [6, 6.07) is 8.24. The topological polar surface area (TPSA) is 73.9 Å². The molecule has 2 N–H and O–H groups in total. The minimum Gasteiger partial charge on any atom is -0.379 e. The Kier molecular flexibility index (Phi) is 7.82. The molecule has 0 spiro atoms. The molecule has 7 nitrogen and oxygen atoms in total. The predicted octanol–water partition coefficient (Wildman–Crippen LogP) is 0.524. The largest absolute Gasteiger partial charge is 0.379 e. The van der Waals surface area contributed by atoms with E-state index in [9.17, 15) is 9.59 Å². The second kappa shape index (κ2) is 10.5. The lowest BCUT2D eigenvalue weighted by Crippen LogP contribution is -2.47. The molecule has 0 aliphatic carbocycles. The molecule has 0 radical (unpaired) electrons. The second-order valence-corrected chi connectivity index (χ2v) is 7.64. The van der Waals surface area contributed by atoms with Crippen LogP contribution in [0.2, 0.25) is 0 Å². The number of amides is 2. The monoisotopic (exact) mass is 388 g/mol. The summed E-state index contributed by atoms with van der Waals surface area (Å²) in [5.74, 6) is -0.182. The van der Waals surface area contributed by atoms with Gasteiger partial charge in [-0.2, -0.15) is 0 Å². The molecular formula is C21H32N4O3. The maximum Gasteiger partial charge on any atom is 0.239 e. The van der Waals surface area contributed by atoms with Crippen molar-refractivity contribution in [3.8, 4) is 0 Å². The Morgan fingerprint density at radius 3 is 2.79 bits per heavy atom. The minimum absolute atomic E-state index is 0.0384. The molecule has 2 saturated heterocycles. The Hall–Kier alpha value is -1.96. The van der Waals surface area contributed by atoms with Crippen LogP contribution in [0.25, 0.3) is 0 Å². The fourth-order valence-corrected chi connectivity index (χ4v) is 3.88. The number of hydrogen-bond acceptors (Lipinski definition) is 5. The summed E-state index contributed by atoms with van der Waals surface area (Å²) in [5.41, 5.74) is 2.45. The van der Waals surface area contributed by atoms with Crippen molar-refractivity contribution < 1.29 is 14.3 Å². The number of aryl methyl sites for hydroxylation is 1. The molecule has 154 valence electrons. The van der Waals surface area contributed by atoms with Crippen LogP contribution < -0.4 is 10.6 Å². The SMILES string of the molecule is Cc1cccc(CN2CCCC2C(=O)NCC(=O)NCCN2CCOCC2)c1. The van der Waals surface area contributed by atoms with Gasteiger partial charge in [-0.25, -0.2) is 0 Å². The van der Waals surface area contributed by atoms with E-state index >= 15 is 0 Å². The van der Waals surface area contributed by atoms with Crippen LogP contribution in [-0.2, 0) is 20.9 Å². The average Bonchev–Trinajstić information content (AvgIpc) is 3.15. The lowest BCUT2D eigenvalue weighted by atomic mass is 10.1. The summed E-state index contributed by atoms with van der Waals surface area (Å²) >= 11 is 0. The Labute approximate surface area is 167 Å². The van der Waals surface area contributed by atoms with Crippen molar-refractivity contribution in [2.24, 2.45) is 0 Å². The Bertz CT molecular complexity index is 661. The summed E-state index contributed by atoms with van der Waals surface area (Å²) in [5, 5.41) is 5.70. The first kappa shape index (κ1) is 20.8. The van der Waals surface area contributed by atoms with Crippen molar-refractivity contribution in [3.63, 3.8) is 0 Å². The van der Waals surface area contributed by atoms with E-state index in [4.69, 9.17) is 4.74 Å². The Morgan fingerprint density at radius 1 is 1.18 bits per heavy atom. The van der Waals surface area contributed by atoms with Crippen LogP contribution in [0.4, 0.5) is 0 Å². The molecule has 1 unspecified atom stereocenters. The number of nitrogens with one attached hydrogen (secondary N) is 2. The van der Waals surface area contributed by atoms with E-state index in [2.05, 4.69) is 51.6 Å². The molecule has 2 amide bonds. The third-order valence-corrected chi connectivity index (χ3v) is 5.41. The van der Waals surface area contributed by atoms with Crippen LogP contribution in [0.5, 0.6) is 0 Å². The zero-order valence-corrected chi connectivity index (χ0v) is 16.8. The molecule has 2 heterocycles. The number of carbonyl (C=O) groups excluding carboxylic acids is 2. The average molecular weight is 389 g/mol. The number of rotatable bonds is 8. The van der Waals surface area contributed by atoms with Crippen LogP contribution in [0.15, 0.2) is 24.3 Å². The molecule has 0 aromatic heterocycles. The van der Waals surface area contributed by atoms with Gasteiger partial charge in [-0.1, -0.05) is 29.8 Å². The van der Waals surface area contributed by atoms with Crippen LogP contribution in [0.3, 0.4) is 0 Å². The second-order valence-electron chi connectivity index (χ2n) is 7.64. The summed E-state index contributed by atoms with van der Waals surface area (Å²) in [6.07, 6.45) is 1.85. The lowest BCUT2D eigenvalue weighted by Gasteiger charge is -2.26. The van der Waals surface area contributed by atoms with Crippen LogP contribution in [0.1, 0.15) is 24.0 Å². The molecule has 1 aromatic carbocycles. The first-order valence-electron chi connectivity index (χ1n) is 10.3. The van der Waals surface area contributed by atoms with Gasteiger partial charge in [0.1, 0.15) is 0 Å². The molecule has 2 aliphatic rings. The molecule has 1 aromatic rings. The Balaban J connectivity index is 1.37. The van der Waals surface area contributed by atoms with Crippen molar-refractivity contribution in [1.29, 1.82) is 0 Å². The maximum absolute atomic E-state index is 12.6. The Morgan fingerprint density at radius 2 is 2.00 bits per heavy atom. The highest BCUT2D eigenvalue weighted by Gasteiger charge is 2.30. The number of morpholine rings is 1. The van der Waals surface area contributed by atoms with Crippen molar-refractivity contribution in [1.82, 2.24) is 20.4 Å². The predicted molar refractivity (Wildman–Crippen MR) is 108 cm³/mol. The van der Waals surface area contributed by atoms with Gasteiger partial charge in [0.15, 0.2) is 0 Å². The van der Waals surface area contributed by atoms with Gasteiger partial charge in [0, 0.05) is 32.7 Å². The third-order valence-electron chi connectivity index (χ3n) is 5.41. The van der Waals surface area contributed by atoms with E-state index < -0.39 is 0 Å². The summed E-state index contributed by atoms with van der Waals surface area (Å²) in [4.78, 5) is 29.1. The maximum atomic E-state index is 12.6. The lowest BCUT2D eigenvalue weighted by molar-refractivity contribution is -0.129. The first-order chi connectivity index (χ1) is 13.6. The first-order valence-corrected chi connectivity index (χ1v) is 10.3. The van der Waals surface area contributed by atoms with Crippen LogP contribution in [-0.4, -0.2) is 80.1 Å². The van der Waals surface area contributed by atoms with E-state index in [0.717, 1.165) is 58.8 Å². The summed E-state index contributed by atoms with van der Waals surface area (Å²) in [7, 11) is 0. The zero-order valence-electron chi connectivity index (χ0n) is 16.8. The number of benzene rings is 1. The molecule has 0 saturated carbocycles. The third kappa shape index (κ3) is 6.29. The summed E-state index contributed by atoms with van der Waals surface area (Å²) < 4.78 is 5.31. The van der Waals surface area contributed by atoms with Gasteiger partial charge in [-0.3, -0.25) is 19.4 Å². The number of nitrogens with zero attached hydrogens (tertiary/aromatic N) is 2. The fourth-order valence-electron chi connectivity index (χ4n) is 3.88. The van der Waals surface area contributed by atoms with Crippen molar-refractivity contribution in [3.05, 3.63) is 35.4 Å². The quantitative estimate of drug-likeness (QED) is 0.679. The van der Waals surface area contributed by atoms with E-state index in [1.165, 1.54) is 11.1 Å². The van der Waals surface area contributed by atoms with Crippen LogP contribution >= 0.6 is 0 Å². The highest BCUT2D eigenvalue weighted by atomic mass is 16.5. The highest BCUT2D eigenvalue weighted by molar-refractivity contribution is 5.87. The van der Waals surface area contributed by atoms with E-state index in [-0.39, 0.29) is 24.4 Å². The smallest absolute Gasteiger partial charge is 0.239 e. The summed E-state index contributed by atoms with van der Waals surface area (Å²) in [6.45, 7) is 8.54. The van der Waals surface area contributed by atoms with Gasteiger partial charge in [0.2, 0.25) is 11.8 Å². The van der Waals surface area contributed by atoms with E-state index in [0.29, 0.717) is 6.54 Å². The molecule has 0 bridgehead atoms. The van der Waals surface area contributed by atoms with Gasteiger partial charge in [0.25, 0.3) is 0 Å². The van der Waals surface area contributed by atoms with Crippen molar-refractivity contribution in [2.75, 3.05) is 52.5 Å². The van der Waals surface area contributed by atoms with E-state index in [1.54, 1.807) is 0 Å². The molecular weight excluding hydrogens is 356 g/mol.